The van der Waals surface area contributed by atoms with Crippen LogP contribution >= 0.6 is 23.2 Å². The van der Waals surface area contributed by atoms with Crippen LogP contribution in [-0.4, -0.2) is 9.97 Å². The summed E-state index contributed by atoms with van der Waals surface area (Å²) >= 11 is 11.6. The zero-order chi connectivity index (χ0) is 12.3. The molecule has 0 bridgehead atoms. The maximum Gasteiger partial charge on any atom is 0.225 e. The molecule has 5 heteroatoms. The van der Waals surface area contributed by atoms with E-state index in [2.05, 4.69) is 9.97 Å². The molecule has 0 fully saturated rings. The van der Waals surface area contributed by atoms with E-state index in [1.807, 2.05) is 31.2 Å². The summed E-state index contributed by atoms with van der Waals surface area (Å²) in [5.74, 6) is 0.491. The van der Waals surface area contributed by atoms with Crippen molar-refractivity contribution in [1.29, 1.82) is 0 Å². The lowest BCUT2D eigenvalue weighted by molar-refractivity contribution is 0.291. The van der Waals surface area contributed by atoms with Gasteiger partial charge in [-0.1, -0.05) is 23.7 Å². The first-order valence-electron chi connectivity index (χ1n) is 5.01. The van der Waals surface area contributed by atoms with Crippen molar-refractivity contribution in [2.24, 2.45) is 0 Å². The van der Waals surface area contributed by atoms with Gasteiger partial charge in [0.15, 0.2) is 0 Å². The Morgan fingerprint density at radius 1 is 1.29 bits per heavy atom. The molecular formula is C12H10Cl2N2O. The van der Waals surface area contributed by atoms with Crippen molar-refractivity contribution < 1.29 is 4.74 Å². The molecular weight excluding hydrogens is 259 g/mol. The van der Waals surface area contributed by atoms with Crippen LogP contribution in [0.5, 0.6) is 5.88 Å². The largest absolute Gasteiger partial charge is 0.472 e. The summed E-state index contributed by atoms with van der Waals surface area (Å²) in [6.07, 6.45) is 1.63. The van der Waals surface area contributed by atoms with Gasteiger partial charge in [-0.3, -0.25) is 0 Å². The summed E-state index contributed by atoms with van der Waals surface area (Å²) in [6, 6.07) is 7.47. The van der Waals surface area contributed by atoms with Crippen LogP contribution in [0.1, 0.15) is 11.1 Å². The summed E-state index contributed by atoms with van der Waals surface area (Å²) in [5.41, 5.74) is 1.82. The van der Waals surface area contributed by atoms with Crippen LogP contribution in [0.15, 0.2) is 30.5 Å². The molecule has 17 heavy (non-hydrogen) atoms. The number of benzene rings is 1. The smallest absolute Gasteiger partial charge is 0.225 e. The zero-order valence-electron chi connectivity index (χ0n) is 9.15. The number of rotatable bonds is 3. The maximum atomic E-state index is 5.88. The van der Waals surface area contributed by atoms with E-state index in [0.29, 0.717) is 17.5 Å². The van der Waals surface area contributed by atoms with Gasteiger partial charge >= 0.3 is 0 Å². The van der Waals surface area contributed by atoms with E-state index in [9.17, 15) is 0 Å². The van der Waals surface area contributed by atoms with Crippen LogP contribution in [-0.2, 0) is 6.61 Å². The minimum Gasteiger partial charge on any atom is -0.472 e. The van der Waals surface area contributed by atoms with E-state index in [0.717, 1.165) is 11.1 Å². The van der Waals surface area contributed by atoms with Crippen LogP contribution in [0.2, 0.25) is 10.3 Å². The van der Waals surface area contributed by atoms with Gasteiger partial charge in [0.25, 0.3) is 0 Å². The Morgan fingerprint density at radius 3 is 2.88 bits per heavy atom. The van der Waals surface area contributed by atoms with Crippen LogP contribution < -0.4 is 4.74 Å². The van der Waals surface area contributed by atoms with Crippen molar-refractivity contribution >= 4 is 23.2 Å². The molecule has 88 valence electrons. The third kappa shape index (κ3) is 3.32. The summed E-state index contributed by atoms with van der Waals surface area (Å²) in [4.78, 5) is 7.87. The SMILES string of the molecule is Cc1cnc(Cl)nc1OCc1cccc(Cl)c1. The van der Waals surface area contributed by atoms with E-state index in [4.69, 9.17) is 27.9 Å². The Morgan fingerprint density at radius 2 is 2.12 bits per heavy atom. The Labute approximate surface area is 109 Å². The van der Waals surface area contributed by atoms with Crippen LogP contribution in [0.3, 0.4) is 0 Å². The summed E-state index contributed by atoms with van der Waals surface area (Å²) in [5, 5.41) is 0.861. The van der Waals surface area contributed by atoms with Gasteiger partial charge in [0, 0.05) is 16.8 Å². The third-order valence-electron chi connectivity index (χ3n) is 2.16. The maximum absolute atomic E-state index is 5.88. The minimum absolute atomic E-state index is 0.177. The molecule has 0 radical (unpaired) electrons. The molecule has 0 spiro atoms. The number of aromatic nitrogens is 2. The number of nitrogens with zero attached hydrogens (tertiary/aromatic N) is 2. The third-order valence-corrected chi connectivity index (χ3v) is 2.58. The first-order valence-corrected chi connectivity index (χ1v) is 5.77. The highest BCUT2D eigenvalue weighted by Crippen LogP contribution is 2.18. The molecule has 0 saturated carbocycles. The molecule has 0 aliphatic heterocycles. The van der Waals surface area contributed by atoms with Crippen molar-refractivity contribution in [3.05, 3.63) is 51.9 Å². The van der Waals surface area contributed by atoms with Crippen LogP contribution in [0, 0.1) is 6.92 Å². The summed E-state index contributed by atoms with van der Waals surface area (Å²) in [7, 11) is 0. The van der Waals surface area contributed by atoms with E-state index in [-0.39, 0.29) is 5.28 Å². The number of halogens is 2. The number of hydrogen-bond acceptors (Lipinski definition) is 3. The average molecular weight is 269 g/mol. The fourth-order valence-electron chi connectivity index (χ4n) is 1.33. The summed E-state index contributed by atoms with van der Waals surface area (Å²) in [6.45, 7) is 2.26. The van der Waals surface area contributed by atoms with Crippen molar-refractivity contribution in [2.75, 3.05) is 0 Å². The fourth-order valence-corrected chi connectivity index (χ4v) is 1.67. The van der Waals surface area contributed by atoms with Gasteiger partial charge in [0.05, 0.1) is 0 Å². The number of ether oxygens (including phenoxy) is 1. The molecule has 0 saturated heterocycles. The molecule has 1 aromatic heterocycles. The molecule has 3 nitrogen and oxygen atoms in total. The fraction of sp³-hybridized carbons (Fsp3) is 0.167. The monoisotopic (exact) mass is 268 g/mol. The lowest BCUT2D eigenvalue weighted by Gasteiger charge is -2.07. The minimum atomic E-state index is 0.177. The molecule has 2 rings (SSSR count). The van der Waals surface area contributed by atoms with Gasteiger partial charge in [0.1, 0.15) is 6.61 Å². The molecule has 1 aromatic carbocycles. The average Bonchev–Trinajstić information content (AvgIpc) is 2.30. The van der Waals surface area contributed by atoms with Crippen molar-refractivity contribution in [3.8, 4) is 5.88 Å². The zero-order valence-corrected chi connectivity index (χ0v) is 10.7. The van der Waals surface area contributed by atoms with Gasteiger partial charge in [-0.05, 0) is 36.2 Å². The summed E-state index contributed by atoms with van der Waals surface area (Å²) < 4.78 is 5.56. The first-order chi connectivity index (χ1) is 8.15. The Hall–Kier alpha value is -1.32. The van der Waals surface area contributed by atoms with Crippen molar-refractivity contribution in [3.63, 3.8) is 0 Å². The van der Waals surface area contributed by atoms with Gasteiger partial charge < -0.3 is 4.74 Å². The van der Waals surface area contributed by atoms with Gasteiger partial charge in [0.2, 0.25) is 11.2 Å². The lowest BCUT2D eigenvalue weighted by Crippen LogP contribution is -2.00. The van der Waals surface area contributed by atoms with Gasteiger partial charge in [-0.25, -0.2) is 4.98 Å². The topological polar surface area (TPSA) is 35.0 Å². The Kier molecular flexibility index (Phi) is 3.82. The second-order valence-electron chi connectivity index (χ2n) is 3.55. The standard InChI is InChI=1S/C12H10Cl2N2O/c1-8-6-15-12(14)16-11(8)17-7-9-3-2-4-10(13)5-9/h2-6H,7H2,1H3. The number of hydrogen-bond donors (Lipinski definition) is 0. The van der Waals surface area contributed by atoms with E-state index in [1.54, 1.807) is 6.20 Å². The molecule has 0 aliphatic carbocycles. The second kappa shape index (κ2) is 5.34. The Balaban J connectivity index is 2.09. The number of aryl methyl sites for hydroxylation is 1. The molecule has 0 N–H and O–H groups in total. The highest BCUT2D eigenvalue weighted by atomic mass is 35.5. The molecule has 2 aromatic rings. The van der Waals surface area contributed by atoms with E-state index < -0.39 is 0 Å². The van der Waals surface area contributed by atoms with Crippen LogP contribution in [0.25, 0.3) is 0 Å². The molecule has 0 aliphatic rings. The van der Waals surface area contributed by atoms with Crippen LogP contribution in [0.4, 0.5) is 0 Å². The lowest BCUT2D eigenvalue weighted by atomic mass is 10.2. The van der Waals surface area contributed by atoms with E-state index in [1.165, 1.54) is 0 Å². The van der Waals surface area contributed by atoms with Gasteiger partial charge in [-0.2, -0.15) is 4.98 Å². The highest BCUT2D eigenvalue weighted by Gasteiger charge is 2.04. The first kappa shape index (κ1) is 12.1. The normalized spacial score (nSPS) is 10.3. The van der Waals surface area contributed by atoms with Crippen molar-refractivity contribution in [2.45, 2.75) is 13.5 Å². The van der Waals surface area contributed by atoms with Crippen molar-refractivity contribution in [1.82, 2.24) is 9.97 Å². The predicted molar refractivity (Wildman–Crippen MR) is 67.6 cm³/mol. The molecule has 1 heterocycles. The van der Waals surface area contributed by atoms with E-state index >= 15 is 0 Å². The molecule has 0 atom stereocenters. The highest BCUT2D eigenvalue weighted by molar-refractivity contribution is 6.30. The second-order valence-corrected chi connectivity index (χ2v) is 4.32. The molecule has 0 amide bonds. The Bertz CT molecular complexity index is 532. The molecule has 0 unspecified atom stereocenters. The van der Waals surface area contributed by atoms with Gasteiger partial charge in [-0.15, -0.1) is 0 Å². The quantitative estimate of drug-likeness (QED) is 0.797. The predicted octanol–water partition coefficient (Wildman–Crippen LogP) is 3.67.